The molecule has 0 saturated carbocycles. The van der Waals surface area contributed by atoms with Crippen molar-refractivity contribution < 1.29 is 14.3 Å². The summed E-state index contributed by atoms with van der Waals surface area (Å²) in [5.41, 5.74) is 6.25. The van der Waals surface area contributed by atoms with E-state index < -0.39 is 0 Å². The molecule has 15 heavy (non-hydrogen) atoms. The number of nitrogens with zero attached hydrogens (tertiary/aromatic N) is 1. The molecular weight excluding hydrogens is 196 g/mol. The monoisotopic (exact) mass is 214 g/mol. The number of ether oxygens (including phenoxy) is 2. The van der Waals surface area contributed by atoms with Crippen LogP contribution in [0.25, 0.3) is 0 Å². The van der Waals surface area contributed by atoms with Gasteiger partial charge in [0, 0.05) is 31.4 Å². The second-order valence-corrected chi connectivity index (χ2v) is 3.36. The maximum absolute atomic E-state index is 11.1. The molecule has 0 aromatic rings. The second-order valence-electron chi connectivity index (χ2n) is 3.36. The molecule has 5 heteroatoms. The van der Waals surface area contributed by atoms with Crippen LogP contribution in [-0.2, 0) is 14.3 Å². The first-order valence-corrected chi connectivity index (χ1v) is 5.15. The lowest BCUT2D eigenvalue weighted by atomic mass is 10.3. The highest BCUT2D eigenvalue weighted by Crippen LogP contribution is 1.99. The Morgan fingerprint density at radius 3 is 2.80 bits per heavy atom. The Hall–Kier alpha value is -1.07. The van der Waals surface area contributed by atoms with Crippen molar-refractivity contribution in [3.05, 3.63) is 11.8 Å². The average Bonchev–Trinajstić information content (AvgIpc) is 2.19. The van der Waals surface area contributed by atoms with Gasteiger partial charge in [0.2, 0.25) is 0 Å². The molecule has 0 unspecified atom stereocenters. The zero-order chi connectivity index (χ0) is 11.1. The Labute approximate surface area is 89.8 Å². The summed E-state index contributed by atoms with van der Waals surface area (Å²) in [6, 6.07) is 0. The van der Waals surface area contributed by atoms with Crippen LogP contribution < -0.4 is 5.73 Å². The van der Waals surface area contributed by atoms with E-state index in [-0.39, 0.29) is 5.97 Å². The van der Waals surface area contributed by atoms with Gasteiger partial charge in [0.15, 0.2) is 0 Å². The number of carbonyl (C=O) groups excluding carboxylic acids is 1. The summed E-state index contributed by atoms with van der Waals surface area (Å²) in [5.74, 6) is -0.372. The highest BCUT2D eigenvalue weighted by Gasteiger charge is 2.11. The minimum absolute atomic E-state index is 0.372. The van der Waals surface area contributed by atoms with E-state index in [2.05, 4.69) is 4.90 Å². The van der Waals surface area contributed by atoms with Crippen LogP contribution >= 0.6 is 0 Å². The van der Waals surface area contributed by atoms with Crippen molar-refractivity contribution in [2.45, 2.75) is 6.92 Å². The third kappa shape index (κ3) is 4.80. The summed E-state index contributed by atoms with van der Waals surface area (Å²) in [7, 11) is 0. The molecule has 1 fully saturated rings. The summed E-state index contributed by atoms with van der Waals surface area (Å²) in [6.45, 7) is 5.92. The average molecular weight is 214 g/mol. The highest BCUT2D eigenvalue weighted by molar-refractivity contribution is 5.82. The van der Waals surface area contributed by atoms with Gasteiger partial charge in [-0.05, 0) is 6.92 Å². The molecular formula is C10H18N2O3. The maximum atomic E-state index is 11.1. The van der Waals surface area contributed by atoms with E-state index in [9.17, 15) is 4.79 Å². The fourth-order valence-corrected chi connectivity index (χ4v) is 1.40. The molecule has 0 radical (unpaired) electrons. The van der Waals surface area contributed by atoms with E-state index in [1.165, 1.54) is 6.08 Å². The van der Waals surface area contributed by atoms with Gasteiger partial charge in [-0.15, -0.1) is 0 Å². The molecule has 0 bridgehead atoms. The predicted molar refractivity (Wildman–Crippen MR) is 56.2 cm³/mol. The number of carbonyl (C=O) groups is 1. The summed E-state index contributed by atoms with van der Waals surface area (Å²) < 4.78 is 9.97. The number of hydrogen-bond acceptors (Lipinski definition) is 5. The quantitative estimate of drug-likeness (QED) is 0.515. The highest BCUT2D eigenvalue weighted by atomic mass is 16.5. The Kier molecular flexibility index (Phi) is 5.14. The van der Waals surface area contributed by atoms with E-state index in [0.29, 0.717) is 18.8 Å². The molecule has 1 heterocycles. The molecule has 1 rings (SSSR count). The van der Waals surface area contributed by atoms with Crippen LogP contribution in [0.15, 0.2) is 11.8 Å². The van der Waals surface area contributed by atoms with E-state index in [4.69, 9.17) is 15.2 Å². The molecule has 0 aromatic carbocycles. The van der Waals surface area contributed by atoms with Gasteiger partial charge in [-0.3, -0.25) is 4.90 Å². The van der Waals surface area contributed by atoms with Crippen LogP contribution in [0.1, 0.15) is 6.92 Å². The van der Waals surface area contributed by atoms with Gasteiger partial charge in [0.1, 0.15) is 0 Å². The van der Waals surface area contributed by atoms with Crippen molar-refractivity contribution in [1.82, 2.24) is 4.90 Å². The number of rotatable bonds is 4. The third-order valence-corrected chi connectivity index (χ3v) is 2.10. The van der Waals surface area contributed by atoms with Gasteiger partial charge in [-0.25, -0.2) is 4.79 Å². The fourth-order valence-electron chi connectivity index (χ4n) is 1.40. The minimum atomic E-state index is -0.372. The molecule has 1 aliphatic rings. The van der Waals surface area contributed by atoms with E-state index in [0.717, 1.165) is 26.3 Å². The van der Waals surface area contributed by atoms with Crippen LogP contribution in [0.3, 0.4) is 0 Å². The topological polar surface area (TPSA) is 64.8 Å². The van der Waals surface area contributed by atoms with Crippen molar-refractivity contribution in [3.8, 4) is 0 Å². The molecule has 86 valence electrons. The van der Waals surface area contributed by atoms with Gasteiger partial charge in [0.25, 0.3) is 0 Å². The molecule has 1 aliphatic heterocycles. The van der Waals surface area contributed by atoms with Crippen molar-refractivity contribution in [2.24, 2.45) is 5.73 Å². The zero-order valence-electron chi connectivity index (χ0n) is 9.07. The van der Waals surface area contributed by atoms with Crippen molar-refractivity contribution >= 4 is 5.97 Å². The number of nitrogens with two attached hydrogens (primary N) is 1. The Bertz CT molecular complexity index is 235. The third-order valence-electron chi connectivity index (χ3n) is 2.10. The first-order valence-electron chi connectivity index (χ1n) is 5.15. The van der Waals surface area contributed by atoms with Crippen molar-refractivity contribution in [2.75, 3.05) is 39.5 Å². The van der Waals surface area contributed by atoms with Crippen molar-refractivity contribution in [1.29, 1.82) is 0 Å². The first-order chi connectivity index (χ1) is 7.22. The molecule has 0 aromatic heterocycles. The first kappa shape index (κ1) is 12.0. The molecule has 0 spiro atoms. The minimum Gasteiger partial charge on any atom is -0.463 e. The van der Waals surface area contributed by atoms with Crippen LogP contribution in [-0.4, -0.2) is 50.3 Å². The Morgan fingerprint density at radius 2 is 2.20 bits per heavy atom. The molecule has 2 N–H and O–H groups in total. The number of hydrogen-bond donors (Lipinski definition) is 1. The largest absolute Gasteiger partial charge is 0.463 e. The molecule has 0 aliphatic carbocycles. The smallest absolute Gasteiger partial charge is 0.332 e. The van der Waals surface area contributed by atoms with E-state index in [1.54, 1.807) is 6.92 Å². The van der Waals surface area contributed by atoms with Crippen molar-refractivity contribution in [3.63, 3.8) is 0 Å². The maximum Gasteiger partial charge on any atom is 0.332 e. The van der Waals surface area contributed by atoms with E-state index in [1.807, 2.05) is 0 Å². The summed E-state index contributed by atoms with van der Waals surface area (Å²) >= 11 is 0. The lowest BCUT2D eigenvalue weighted by Crippen LogP contribution is -2.38. The predicted octanol–water partition coefficient (Wildman–Crippen LogP) is -0.276. The van der Waals surface area contributed by atoms with Gasteiger partial charge >= 0.3 is 5.97 Å². The Morgan fingerprint density at radius 1 is 1.53 bits per heavy atom. The molecule has 0 atom stereocenters. The number of morpholine rings is 1. The fraction of sp³-hybridized carbons (Fsp3) is 0.700. The second kappa shape index (κ2) is 6.42. The lowest BCUT2D eigenvalue weighted by molar-refractivity contribution is -0.137. The van der Waals surface area contributed by atoms with Crippen LogP contribution in [0, 0.1) is 0 Å². The normalized spacial score (nSPS) is 18.9. The van der Waals surface area contributed by atoms with Gasteiger partial charge in [0.05, 0.1) is 19.8 Å². The van der Waals surface area contributed by atoms with Crippen LogP contribution in [0.4, 0.5) is 0 Å². The SMILES string of the molecule is CCOC(=O)/C=C(/N)CN1CCOCC1. The standard InChI is InChI=1S/C10H18N2O3/c1-2-15-10(13)7-9(11)8-12-3-5-14-6-4-12/h7H,2-6,8,11H2,1H3/b9-7+. The van der Waals surface area contributed by atoms with Gasteiger partial charge < -0.3 is 15.2 Å². The van der Waals surface area contributed by atoms with Crippen LogP contribution in [0.5, 0.6) is 0 Å². The number of esters is 1. The van der Waals surface area contributed by atoms with E-state index >= 15 is 0 Å². The Balaban J connectivity index is 2.32. The van der Waals surface area contributed by atoms with Gasteiger partial charge in [-0.2, -0.15) is 0 Å². The van der Waals surface area contributed by atoms with Crippen LogP contribution in [0.2, 0.25) is 0 Å². The zero-order valence-corrected chi connectivity index (χ0v) is 9.07. The van der Waals surface area contributed by atoms with Gasteiger partial charge in [-0.1, -0.05) is 0 Å². The molecule has 5 nitrogen and oxygen atoms in total. The summed E-state index contributed by atoms with van der Waals surface area (Å²) in [5, 5.41) is 0. The molecule has 1 saturated heterocycles. The molecule has 0 amide bonds. The lowest BCUT2D eigenvalue weighted by Gasteiger charge is -2.26. The summed E-state index contributed by atoms with van der Waals surface area (Å²) in [6.07, 6.45) is 1.35. The summed E-state index contributed by atoms with van der Waals surface area (Å²) in [4.78, 5) is 13.2.